The maximum atomic E-state index is 5.77. The van der Waals surface area contributed by atoms with Gasteiger partial charge in [-0.1, -0.05) is 24.3 Å². The lowest BCUT2D eigenvalue weighted by molar-refractivity contribution is -0.422. The Morgan fingerprint density at radius 3 is 1.55 bits per heavy atom. The summed E-state index contributed by atoms with van der Waals surface area (Å²) in [5.41, 5.74) is 4.03. The zero-order valence-corrected chi connectivity index (χ0v) is 12.3. The fourth-order valence-electron chi connectivity index (χ4n) is 3.53. The van der Waals surface area contributed by atoms with Gasteiger partial charge >= 0.3 is 0 Å². The van der Waals surface area contributed by atoms with E-state index in [2.05, 4.69) is 64.1 Å². The molecule has 0 amide bonds. The van der Waals surface area contributed by atoms with Gasteiger partial charge in [0.25, 0.3) is 0 Å². The van der Waals surface area contributed by atoms with Crippen LogP contribution < -0.4 is 0 Å². The van der Waals surface area contributed by atoms with E-state index in [9.17, 15) is 0 Å². The molecule has 1 aliphatic carbocycles. The predicted octanol–water partition coefficient (Wildman–Crippen LogP) is 4.58. The minimum Gasteiger partial charge on any atom is -0.220 e. The molecule has 2 bridgehead atoms. The highest BCUT2D eigenvalue weighted by Gasteiger charge is 2.53. The van der Waals surface area contributed by atoms with Crippen LogP contribution in [0.15, 0.2) is 47.5 Å². The molecule has 0 N–H and O–H groups in total. The van der Waals surface area contributed by atoms with Crippen molar-refractivity contribution in [2.24, 2.45) is 0 Å². The van der Waals surface area contributed by atoms with E-state index in [-0.39, 0.29) is 0 Å². The smallest absolute Gasteiger partial charge is 0.147 e. The molecule has 102 valence electrons. The Morgan fingerprint density at radius 2 is 1.15 bits per heavy atom. The van der Waals surface area contributed by atoms with Crippen molar-refractivity contribution in [1.82, 2.24) is 0 Å². The average Bonchev–Trinajstić information content (AvgIpc) is 2.47. The molecule has 0 radical (unpaired) electrons. The first-order valence-electron chi connectivity index (χ1n) is 7.06. The molecule has 2 aromatic rings. The molecule has 2 aromatic carbocycles. The number of rotatable bonds is 0. The third-order valence-corrected chi connectivity index (χ3v) is 5.28. The lowest BCUT2D eigenvalue weighted by atomic mass is 9.68. The van der Waals surface area contributed by atoms with Crippen LogP contribution in [0.5, 0.6) is 0 Å². The maximum Gasteiger partial charge on any atom is 0.147 e. The summed E-state index contributed by atoms with van der Waals surface area (Å²) in [7, 11) is 0. The largest absolute Gasteiger partial charge is 0.220 e. The molecule has 0 aromatic heterocycles. The molecular weight excluding hydrogens is 248 g/mol. The second kappa shape index (κ2) is 3.51. The van der Waals surface area contributed by atoms with Crippen LogP contribution in [0.4, 0.5) is 0 Å². The summed E-state index contributed by atoms with van der Waals surface area (Å²) in [4.78, 5) is 11.5. The SMILES string of the molecule is CC1=C(C)C2(C)OOC1(C)c1cc3ccccc3cc12. The average molecular weight is 266 g/mol. The van der Waals surface area contributed by atoms with E-state index in [1.807, 2.05) is 0 Å². The summed E-state index contributed by atoms with van der Waals surface area (Å²) in [5, 5.41) is 2.50. The van der Waals surface area contributed by atoms with Crippen LogP contribution in [0.25, 0.3) is 10.8 Å². The first-order chi connectivity index (χ1) is 9.47. The Morgan fingerprint density at radius 1 is 0.750 bits per heavy atom. The summed E-state index contributed by atoms with van der Waals surface area (Å²) >= 11 is 0. The van der Waals surface area contributed by atoms with Gasteiger partial charge in [-0.3, -0.25) is 0 Å². The standard InChI is InChI=1S/C18H18O2/c1-11-12(2)18(4)16-10-14-8-6-5-7-13(14)9-15(16)17(11,3)19-20-18/h5-10H,1-4H3. The van der Waals surface area contributed by atoms with E-state index in [0.29, 0.717) is 0 Å². The molecule has 0 fully saturated rings. The van der Waals surface area contributed by atoms with Crippen LogP contribution in [0.3, 0.4) is 0 Å². The van der Waals surface area contributed by atoms with Crippen molar-refractivity contribution >= 4 is 10.8 Å². The zero-order valence-electron chi connectivity index (χ0n) is 12.3. The Balaban J connectivity index is 2.14. The van der Waals surface area contributed by atoms with Crippen molar-refractivity contribution in [3.05, 3.63) is 58.7 Å². The molecule has 0 saturated carbocycles. The normalized spacial score (nSPS) is 31.8. The second-order valence-corrected chi connectivity index (χ2v) is 6.23. The molecule has 3 aliphatic rings. The predicted molar refractivity (Wildman–Crippen MR) is 79.2 cm³/mol. The zero-order chi connectivity index (χ0) is 14.1. The van der Waals surface area contributed by atoms with Gasteiger partial charge in [-0.2, -0.15) is 0 Å². The van der Waals surface area contributed by atoms with Gasteiger partial charge in [-0.15, -0.1) is 0 Å². The van der Waals surface area contributed by atoms with Crippen molar-refractivity contribution in [3.63, 3.8) is 0 Å². The third-order valence-electron chi connectivity index (χ3n) is 5.28. The fourth-order valence-corrected chi connectivity index (χ4v) is 3.53. The van der Waals surface area contributed by atoms with Crippen molar-refractivity contribution in [1.29, 1.82) is 0 Å². The highest BCUT2D eigenvalue weighted by atomic mass is 17.2. The van der Waals surface area contributed by atoms with Gasteiger partial charge in [0.2, 0.25) is 0 Å². The number of hydrogen-bond donors (Lipinski definition) is 0. The first kappa shape index (κ1) is 12.1. The highest BCUT2D eigenvalue weighted by Crippen LogP contribution is 2.56. The molecule has 20 heavy (non-hydrogen) atoms. The van der Waals surface area contributed by atoms with E-state index in [0.717, 1.165) is 0 Å². The molecule has 2 heterocycles. The topological polar surface area (TPSA) is 18.5 Å². The van der Waals surface area contributed by atoms with Crippen LogP contribution in [0, 0.1) is 0 Å². The molecule has 2 unspecified atom stereocenters. The van der Waals surface area contributed by atoms with Gasteiger partial charge in [0, 0.05) is 0 Å². The van der Waals surface area contributed by atoms with Gasteiger partial charge < -0.3 is 0 Å². The second-order valence-electron chi connectivity index (χ2n) is 6.23. The van der Waals surface area contributed by atoms with Crippen molar-refractivity contribution < 1.29 is 9.78 Å². The number of fused-ring (bicyclic) bond motifs is 2. The third kappa shape index (κ3) is 1.22. The minimum atomic E-state index is -0.471. The van der Waals surface area contributed by atoms with Crippen LogP contribution in [0.1, 0.15) is 38.8 Å². The molecule has 2 atom stereocenters. The Labute approximate surface area is 118 Å². The van der Waals surface area contributed by atoms with E-state index in [1.165, 1.54) is 33.0 Å². The lowest BCUT2D eigenvalue weighted by Crippen LogP contribution is -2.49. The summed E-state index contributed by atoms with van der Waals surface area (Å²) in [6, 6.07) is 13.0. The first-order valence-corrected chi connectivity index (χ1v) is 7.06. The Bertz CT molecular complexity index is 710. The van der Waals surface area contributed by atoms with Gasteiger partial charge in [0.15, 0.2) is 0 Å². The van der Waals surface area contributed by atoms with Gasteiger partial charge in [-0.25, -0.2) is 9.78 Å². The van der Waals surface area contributed by atoms with Crippen molar-refractivity contribution in [3.8, 4) is 0 Å². The van der Waals surface area contributed by atoms with Gasteiger partial charge in [-0.05, 0) is 72.9 Å². The van der Waals surface area contributed by atoms with Crippen LogP contribution in [-0.2, 0) is 21.0 Å². The summed E-state index contributed by atoms with van der Waals surface area (Å²) in [5.74, 6) is 0. The number of hydrogen-bond acceptors (Lipinski definition) is 2. The Kier molecular flexibility index (Phi) is 2.13. The molecule has 2 nitrogen and oxygen atoms in total. The van der Waals surface area contributed by atoms with Crippen LogP contribution in [-0.4, -0.2) is 0 Å². The minimum absolute atomic E-state index is 0.471. The summed E-state index contributed by atoms with van der Waals surface area (Å²) in [6.07, 6.45) is 0. The number of benzene rings is 2. The van der Waals surface area contributed by atoms with E-state index in [4.69, 9.17) is 9.78 Å². The molecule has 0 saturated heterocycles. The van der Waals surface area contributed by atoms with Gasteiger partial charge in [0.1, 0.15) is 11.2 Å². The summed E-state index contributed by atoms with van der Waals surface area (Å²) < 4.78 is 0. The van der Waals surface area contributed by atoms with E-state index in [1.54, 1.807) is 0 Å². The molecular formula is C18H18O2. The Hall–Kier alpha value is -1.64. The van der Waals surface area contributed by atoms with Crippen LogP contribution in [0.2, 0.25) is 0 Å². The maximum absolute atomic E-state index is 5.77. The quantitative estimate of drug-likeness (QED) is 0.513. The molecule has 2 heteroatoms. The van der Waals surface area contributed by atoms with Crippen molar-refractivity contribution in [2.45, 2.75) is 38.9 Å². The van der Waals surface area contributed by atoms with Gasteiger partial charge in [0.05, 0.1) is 0 Å². The summed E-state index contributed by atoms with van der Waals surface area (Å²) in [6.45, 7) is 8.48. The monoisotopic (exact) mass is 266 g/mol. The van der Waals surface area contributed by atoms with Crippen molar-refractivity contribution in [2.75, 3.05) is 0 Å². The van der Waals surface area contributed by atoms with E-state index < -0.39 is 11.2 Å². The fraction of sp³-hybridized carbons (Fsp3) is 0.333. The van der Waals surface area contributed by atoms with E-state index >= 15 is 0 Å². The molecule has 0 spiro atoms. The molecule has 2 aliphatic heterocycles. The molecule has 5 rings (SSSR count). The highest BCUT2D eigenvalue weighted by molar-refractivity contribution is 5.85. The lowest BCUT2D eigenvalue weighted by Gasteiger charge is -2.51. The van der Waals surface area contributed by atoms with Crippen LogP contribution >= 0.6 is 0 Å².